The summed E-state index contributed by atoms with van der Waals surface area (Å²) in [6.07, 6.45) is 19.8. The zero-order chi connectivity index (χ0) is 19.7. The van der Waals surface area contributed by atoms with Crippen LogP contribution in [0.1, 0.15) is 47.0 Å². The fourth-order valence-corrected chi connectivity index (χ4v) is 3.21. The van der Waals surface area contributed by atoms with E-state index in [-0.39, 0.29) is 5.92 Å². The van der Waals surface area contributed by atoms with Crippen molar-refractivity contribution in [2.24, 2.45) is 0 Å². The molecule has 142 valence electrons. The van der Waals surface area contributed by atoms with Gasteiger partial charge in [0.05, 0.1) is 17.3 Å². The van der Waals surface area contributed by atoms with E-state index in [1.54, 1.807) is 0 Å². The number of hydrogen-bond acceptors (Lipinski definition) is 4. The molecule has 1 unspecified atom stereocenters. The molecule has 0 bridgehead atoms. The van der Waals surface area contributed by atoms with Crippen molar-refractivity contribution in [3.05, 3.63) is 101 Å². The quantitative estimate of drug-likeness (QED) is 0.663. The van der Waals surface area contributed by atoms with Gasteiger partial charge in [-0.05, 0) is 45.3 Å². The lowest BCUT2D eigenvalue weighted by atomic mass is 10.0. The van der Waals surface area contributed by atoms with E-state index in [0.29, 0.717) is 5.89 Å². The fourth-order valence-electron chi connectivity index (χ4n) is 3.21. The van der Waals surface area contributed by atoms with Gasteiger partial charge in [0, 0.05) is 5.57 Å². The lowest BCUT2D eigenvalue weighted by molar-refractivity contribution is 0.470. The van der Waals surface area contributed by atoms with Gasteiger partial charge in [-0.3, -0.25) is 0 Å². The standard InChI is InChI=1S/C24H24N2O2/c1-15-17(3)27-23(25-15)21-9-5-7-19(11-13-21)20-8-6-10-22(14-12-20)24-26-16(2)18(4)28-24/h5-13,21H,14H2,1-4H3. The molecule has 0 saturated carbocycles. The van der Waals surface area contributed by atoms with Gasteiger partial charge in [0.15, 0.2) is 0 Å². The molecule has 4 rings (SSSR count). The van der Waals surface area contributed by atoms with Crippen LogP contribution in [0.3, 0.4) is 0 Å². The predicted octanol–water partition coefficient (Wildman–Crippen LogP) is 6.00. The third-order valence-electron chi connectivity index (χ3n) is 5.16. The van der Waals surface area contributed by atoms with Crippen LogP contribution in [0.5, 0.6) is 0 Å². The van der Waals surface area contributed by atoms with E-state index in [1.165, 1.54) is 5.57 Å². The molecule has 0 saturated heterocycles. The predicted molar refractivity (Wildman–Crippen MR) is 111 cm³/mol. The Bertz CT molecular complexity index is 1050. The van der Waals surface area contributed by atoms with Crippen LogP contribution in [-0.2, 0) is 0 Å². The average molecular weight is 372 g/mol. The Morgan fingerprint density at radius 3 is 2.32 bits per heavy atom. The van der Waals surface area contributed by atoms with E-state index in [2.05, 4.69) is 64.7 Å². The van der Waals surface area contributed by atoms with Crippen molar-refractivity contribution in [3.8, 4) is 0 Å². The topological polar surface area (TPSA) is 52.1 Å². The molecular formula is C24H24N2O2. The zero-order valence-corrected chi connectivity index (χ0v) is 16.7. The molecule has 0 aromatic carbocycles. The van der Waals surface area contributed by atoms with Crippen LogP contribution in [0, 0.1) is 27.7 Å². The first-order valence-corrected chi connectivity index (χ1v) is 9.54. The zero-order valence-electron chi connectivity index (χ0n) is 16.7. The molecule has 4 heteroatoms. The number of allylic oxidation sites excluding steroid dienone is 12. The molecule has 0 amide bonds. The minimum Gasteiger partial charge on any atom is -0.445 e. The van der Waals surface area contributed by atoms with Gasteiger partial charge in [-0.25, -0.2) is 9.97 Å². The number of nitrogens with zero attached hydrogens (tertiary/aromatic N) is 2. The van der Waals surface area contributed by atoms with Gasteiger partial charge >= 0.3 is 0 Å². The summed E-state index contributed by atoms with van der Waals surface area (Å²) >= 11 is 0. The molecular weight excluding hydrogens is 348 g/mol. The SMILES string of the molecule is Cc1nc(C2=CC=CC(C3=CC=CC(c4nc(C)c(C)o4)C=C3)=CC2)oc1C. The molecule has 2 aliphatic rings. The number of aromatic nitrogens is 2. The highest BCUT2D eigenvalue weighted by molar-refractivity contribution is 5.66. The van der Waals surface area contributed by atoms with Gasteiger partial charge in [0.1, 0.15) is 11.5 Å². The van der Waals surface area contributed by atoms with Gasteiger partial charge in [-0.2, -0.15) is 0 Å². The van der Waals surface area contributed by atoms with E-state index < -0.39 is 0 Å². The van der Waals surface area contributed by atoms with Crippen LogP contribution in [-0.4, -0.2) is 9.97 Å². The highest BCUT2D eigenvalue weighted by atomic mass is 16.4. The molecule has 2 aromatic heterocycles. The van der Waals surface area contributed by atoms with Crippen LogP contribution in [0.15, 0.2) is 74.7 Å². The van der Waals surface area contributed by atoms with Crippen LogP contribution >= 0.6 is 0 Å². The third-order valence-corrected chi connectivity index (χ3v) is 5.16. The third kappa shape index (κ3) is 3.63. The molecule has 2 aromatic rings. The highest BCUT2D eigenvalue weighted by Gasteiger charge is 2.16. The van der Waals surface area contributed by atoms with E-state index in [4.69, 9.17) is 8.83 Å². The van der Waals surface area contributed by atoms with Gasteiger partial charge in [-0.15, -0.1) is 0 Å². The van der Waals surface area contributed by atoms with Crippen molar-refractivity contribution in [2.45, 2.75) is 40.0 Å². The summed E-state index contributed by atoms with van der Waals surface area (Å²) in [5.74, 6) is 3.23. The number of oxazole rings is 2. The van der Waals surface area contributed by atoms with E-state index >= 15 is 0 Å². The van der Waals surface area contributed by atoms with Crippen molar-refractivity contribution in [1.82, 2.24) is 9.97 Å². The smallest absolute Gasteiger partial charge is 0.222 e. The van der Waals surface area contributed by atoms with E-state index in [1.807, 2.05) is 27.7 Å². The second kappa shape index (κ2) is 7.47. The van der Waals surface area contributed by atoms with Crippen molar-refractivity contribution >= 4 is 5.57 Å². The van der Waals surface area contributed by atoms with Crippen LogP contribution in [0.4, 0.5) is 0 Å². The lowest BCUT2D eigenvalue weighted by Gasteiger charge is -2.03. The van der Waals surface area contributed by atoms with Crippen LogP contribution in [0.2, 0.25) is 0 Å². The Hall–Kier alpha value is -3.14. The van der Waals surface area contributed by atoms with Crippen LogP contribution < -0.4 is 0 Å². The Kier molecular flexibility index (Phi) is 4.86. The Labute approximate surface area is 165 Å². The normalized spacial score (nSPS) is 19.1. The summed E-state index contributed by atoms with van der Waals surface area (Å²) < 4.78 is 11.6. The Morgan fingerprint density at radius 2 is 1.61 bits per heavy atom. The fraction of sp³-hybridized carbons (Fsp3) is 0.250. The lowest BCUT2D eigenvalue weighted by Crippen LogP contribution is -1.91. The molecule has 2 aliphatic carbocycles. The first-order chi connectivity index (χ1) is 13.5. The first kappa shape index (κ1) is 18.2. The number of rotatable bonds is 3. The second-order valence-corrected chi connectivity index (χ2v) is 7.16. The summed E-state index contributed by atoms with van der Waals surface area (Å²) in [7, 11) is 0. The maximum atomic E-state index is 5.79. The minimum atomic E-state index is 0.0449. The number of aryl methyl sites for hydroxylation is 4. The second-order valence-electron chi connectivity index (χ2n) is 7.16. The van der Waals surface area contributed by atoms with Crippen molar-refractivity contribution < 1.29 is 8.83 Å². The Morgan fingerprint density at radius 1 is 0.821 bits per heavy atom. The molecule has 0 aliphatic heterocycles. The molecule has 4 nitrogen and oxygen atoms in total. The van der Waals surface area contributed by atoms with Gasteiger partial charge in [0.2, 0.25) is 11.8 Å². The van der Waals surface area contributed by atoms with E-state index in [9.17, 15) is 0 Å². The number of hydrogen-bond donors (Lipinski definition) is 0. The van der Waals surface area contributed by atoms with Crippen molar-refractivity contribution in [1.29, 1.82) is 0 Å². The summed E-state index contributed by atoms with van der Waals surface area (Å²) in [5, 5.41) is 0. The van der Waals surface area contributed by atoms with Crippen molar-refractivity contribution in [3.63, 3.8) is 0 Å². The maximum Gasteiger partial charge on any atom is 0.222 e. The molecule has 28 heavy (non-hydrogen) atoms. The summed E-state index contributed by atoms with van der Waals surface area (Å²) in [5.41, 5.74) is 5.30. The molecule has 0 spiro atoms. The van der Waals surface area contributed by atoms with Crippen LogP contribution in [0.25, 0.3) is 5.57 Å². The highest BCUT2D eigenvalue weighted by Crippen LogP contribution is 2.29. The molecule has 0 N–H and O–H groups in total. The Balaban J connectivity index is 1.53. The van der Waals surface area contributed by atoms with E-state index in [0.717, 1.165) is 46.4 Å². The maximum absolute atomic E-state index is 5.79. The molecule has 2 heterocycles. The first-order valence-electron chi connectivity index (χ1n) is 9.54. The van der Waals surface area contributed by atoms with Gasteiger partial charge in [0.25, 0.3) is 0 Å². The monoisotopic (exact) mass is 372 g/mol. The molecule has 1 atom stereocenters. The van der Waals surface area contributed by atoms with Crippen molar-refractivity contribution in [2.75, 3.05) is 0 Å². The summed E-state index contributed by atoms with van der Waals surface area (Å²) in [4.78, 5) is 9.06. The molecule has 0 radical (unpaired) electrons. The average Bonchev–Trinajstić information content (AvgIpc) is 2.99. The van der Waals surface area contributed by atoms with Gasteiger partial charge < -0.3 is 8.83 Å². The minimum absolute atomic E-state index is 0.0449. The largest absolute Gasteiger partial charge is 0.445 e. The summed E-state index contributed by atoms with van der Waals surface area (Å²) in [6.45, 7) is 7.83. The molecule has 0 fully saturated rings. The van der Waals surface area contributed by atoms with Gasteiger partial charge in [-0.1, -0.05) is 54.7 Å². The summed E-state index contributed by atoms with van der Waals surface area (Å²) in [6, 6.07) is 0.